The van der Waals surface area contributed by atoms with Gasteiger partial charge in [-0.1, -0.05) is 35.9 Å². The maximum Gasteiger partial charge on any atom is 0.175 e. The zero-order chi connectivity index (χ0) is 13.5. The zero-order valence-electron chi connectivity index (χ0n) is 10.4. The number of fused-ring (bicyclic) bond motifs is 2. The van der Waals surface area contributed by atoms with Crippen molar-refractivity contribution in [1.29, 1.82) is 0 Å². The van der Waals surface area contributed by atoms with Crippen molar-refractivity contribution in [2.45, 2.75) is 0 Å². The average Bonchev–Trinajstić information content (AvgIpc) is 2.92. The Bertz CT molecular complexity index is 929. The SMILES string of the molecule is Clc1nccn2cc(-c3ccc4ccccc4n3)nc12. The van der Waals surface area contributed by atoms with E-state index >= 15 is 0 Å². The first kappa shape index (κ1) is 11.4. The van der Waals surface area contributed by atoms with Crippen LogP contribution in [0.3, 0.4) is 0 Å². The number of hydrogen-bond donors (Lipinski definition) is 0. The smallest absolute Gasteiger partial charge is 0.175 e. The van der Waals surface area contributed by atoms with Crippen LogP contribution >= 0.6 is 11.6 Å². The number of benzene rings is 1. The standard InChI is InChI=1S/C15H9ClN4/c16-14-15-19-13(9-20(15)8-7-17-14)12-6-5-10-3-1-2-4-11(10)18-12/h1-9H. The van der Waals surface area contributed by atoms with Crippen LogP contribution in [-0.2, 0) is 0 Å². The molecule has 0 N–H and O–H groups in total. The van der Waals surface area contributed by atoms with Crippen molar-refractivity contribution >= 4 is 28.2 Å². The van der Waals surface area contributed by atoms with Gasteiger partial charge in [-0.05, 0) is 12.1 Å². The molecule has 5 heteroatoms. The minimum atomic E-state index is 0.388. The molecule has 0 bridgehead atoms. The van der Waals surface area contributed by atoms with Crippen LogP contribution in [0.15, 0.2) is 55.0 Å². The van der Waals surface area contributed by atoms with E-state index in [2.05, 4.69) is 15.0 Å². The summed E-state index contributed by atoms with van der Waals surface area (Å²) in [7, 11) is 0. The molecule has 0 aliphatic carbocycles. The number of imidazole rings is 1. The summed E-state index contributed by atoms with van der Waals surface area (Å²) in [5.74, 6) is 0. The molecule has 20 heavy (non-hydrogen) atoms. The van der Waals surface area contributed by atoms with Gasteiger partial charge in [0.1, 0.15) is 5.69 Å². The lowest BCUT2D eigenvalue weighted by molar-refractivity contribution is 1.13. The summed E-state index contributed by atoms with van der Waals surface area (Å²) >= 11 is 6.04. The van der Waals surface area contributed by atoms with Crippen LogP contribution in [0.2, 0.25) is 5.15 Å². The van der Waals surface area contributed by atoms with Gasteiger partial charge in [-0.15, -0.1) is 0 Å². The third-order valence-electron chi connectivity index (χ3n) is 3.19. The molecule has 3 heterocycles. The first-order valence-corrected chi connectivity index (χ1v) is 6.54. The monoisotopic (exact) mass is 280 g/mol. The third-order valence-corrected chi connectivity index (χ3v) is 3.46. The molecular formula is C15H9ClN4. The van der Waals surface area contributed by atoms with Gasteiger partial charge in [-0.2, -0.15) is 0 Å². The van der Waals surface area contributed by atoms with E-state index in [4.69, 9.17) is 11.6 Å². The molecule has 96 valence electrons. The topological polar surface area (TPSA) is 43.1 Å². The molecule has 4 nitrogen and oxygen atoms in total. The fourth-order valence-electron chi connectivity index (χ4n) is 2.22. The number of para-hydroxylation sites is 1. The second kappa shape index (κ2) is 4.28. The normalized spacial score (nSPS) is 11.2. The number of hydrogen-bond acceptors (Lipinski definition) is 3. The van der Waals surface area contributed by atoms with Crippen molar-refractivity contribution < 1.29 is 0 Å². The van der Waals surface area contributed by atoms with Gasteiger partial charge in [0.05, 0.1) is 11.2 Å². The number of nitrogens with zero attached hydrogens (tertiary/aromatic N) is 4. The summed E-state index contributed by atoms with van der Waals surface area (Å²) in [6.07, 6.45) is 5.37. The van der Waals surface area contributed by atoms with E-state index in [-0.39, 0.29) is 0 Å². The molecular weight excluding hydrogens is 272 g/mol. The Kier molecular flexibility index (Phi) is 2.44. The van der Waals surface area contributed by atoms with Gasteiger partial charge in [0, 0.05) is 24.0 Å². The summed E-state index contributed by atoms with van der Waals surface area (Å²) in [6.45, 7) is 0. The fraction of sp³-hybridized carbons (Fsp3) is 0. The Morgan fingerprint density at radius 3 is 2.75 bits per heavy atom. The van der Waals surface area contributed by atoms with Gasteiger partial charge in [0.15, 0.2) is 10.8 Å². The lowest BCUT2D eigenvalue weighted by Crippen LogP contribution is -1.85. The Balaban J connectivity index is 1.94. The van der Waals surface area contributed by atoms with Crippen molar-refractivity contribution in [1.82, 2.24) is 19.4 Å². The Labute approximate surface area is 119 Å². The molecule has 4 aromatic rings. The highest BCUT2D eigenvalue weighted by Crippen LogP contribution is 2.22. The van der Waals surface area contributed by atoms with Crippen molar-refractivity contribution in [2.24, 2.45) is 0 Å². The van der Waals surface area contributed by atoms with Crippen molar-refractivity contribution in [3.63, 3.8) is 0 Å². The fourth-order valence-corrected chi connectivity index (χ4v) is 2.42. The maximum absolute atomic E-state index is 6.04. The predicted molar refractivity (Wildman–Crippen MR) is 78.7 cm³/mol. The quantitative estimate of drug-likeness (QED) is 0.535. The molecule has 4 rings (SSSR count). The largest absolute Gasteiger partial charge is 0.302 e. The number of halogens is 1. The number of rotatable bonds is 1. The third kappa shape index (κ3) is 1.73. The van der Waals surface area contributed by atoms with Crippen LogP contribution < -0.4 is 0 Å². The summed E-state index contributed by atoms with van der Waals surface area (Å²) in [6, 6.07) is 12.0. The summed E-state index contributed by atoms with van der Waals surface area (Å²) in [5, 5.41) is 1.50. The highest BCUT2D eigenvalue weighted by molar-refractivity contribution is 6.32. The van der Waals surface area contributed by atoms with Crippen LogP contribution in [0.5, 0.6) is 0 Å². The highest BCUT2D eigenvalue weighted by Gasteiger charge is 2.09. The van der Waals surface area contributed by atoms with E-state index < -0.39 is 0 Å². The number of aromatic nitrogens is 4. The van der Waals surface area contributed by atoms with Gasteiger partial charge in [0.2, 0.25) is 0 Å². The second-order valence-electron chi connectivity index (χ2n) is 4.46. The minimum absolute atomic E-state index is 0.388. The van der Waals surface area contributed by atoms with Crippen LogP contribution in [0.1, 0.15) is 0 Å². The Morgan fingerprint density at radius 2 is 1.85 bits per heavy atom. The first-order chi connectivity index (χ1) is 9.81. The van der Waals surface area contributed by atoms with Gasteiger partial charge >= 0.3 is 0 Å². The maximum atomic E-state index is 6.04. The van der Waals surface area contributed by atoms with Gasteiger partial charge < -0.3 is 4.40 Å². The molecule has 0 amide bonds. The highest BCUT2D eigenvalue weighted by atomic mass is 35.5. The lowest BCUT2D eigenvalue weighted by Gasteiger charge is -1.99. The molecule has 0 fully saturated rings. The molecule has 0 radical (unpaired) electrons. The molecule has 0 saturated carbocycles. The van der Waals surface area contributed by atoms with E-state index in [9.17, 15) is 0 Å². The molecule has 0 unspecified atom stereocenters. The molecule has 0 saturated heterocycles. The average molecular weight is 281 g/mol. The van der Waals surface area contributed by atoms with Gasteiger partial charge in [-0.25, -0.2) is 15.0 Å². The first-order valence-electron chi connectivity index (χ1n) is 6.17. The Morgan fingerprint density at radius 1 is 0.950 bits per heavy atom. The van der Waals surface area contributed by atoms with E-state index in [1.807, 2.05) is 53.2 Å². The van der Waals surface area contributed by atoms with Gasteiger partial charge in [-0.3, -0.25) is 0 Å². The molecule has 0 atom stereocenters. The summed E-state index contributed by atoms with van der Waals surface area (Å²) in [5.41, 5.74) is 3.19. The second-order valence-corrected chi connectivity index (χ2v) is 4.82. The lowest BCUT2D eigenvalue weighted by atomic mass is 10.2. The zero-order valence-corrected chi connectivity index (χ0v) is 11.1. The predicted octanol–water partition coefficient (Wildman–Crippen LogP) is 3.60. The van der Waals surface area contributed by atoms with Crippen LogP contribution in [0.4, 0.5) is 0 Å². The van der Waals surface area contributed by atoms with Crippen molar-refractivity contribution in [3.05, 3.63) is 60.1 Å². The molecule has 0 aliphatic heterocycles. The molecule has 0 aliphatic rings. The Hall–Kier alpha value is -2.46. The van der Waals surface area contributed by atoms with E-state index in [0.717, 1.165) is 22.3 Å². The molecule has 3 aromatic heterocycles. The van der Waals surface area contributed by atoms with Crippen molar-refractivity contribution in [3.8, 4) is 11.4 Å². The van der Waals surface area contributed by atoms with Gasteiger partial charge in [0.25, 0.3) is 0 Å². The summed E-state index contributed by atoms with van der Waals surface area (Å²) in [4.78, 5) is 13.2. The molecule has 0 spiro atoms. The van der Waals surface area contributed by atoms with E-state index in [0.29, 0.717) is 10.8 Å². The van der Waals surface area contributed by atoms with E-state index in [1.54, 1.807) is 6.20 Å². The van der Waals surface area contributed by atoms with Crippen LogP contribution in [0, 0.1) is 0 Å². The van der Waals surface area contributed by atoms with E-state index in [1.165, 1.54) is 0 Å². The molecule has 1 aromatic carbocycles. The van der Waals surface area contributed by atoms with Crippen LogP contribution in [0.25, 0.3) is 27.9 Å². The van der Waals surface area contributed by atoms with Crippen molar-refractivity contribution in [2.75, 3.05) is 0 Å². The summed E-state index contributed by atoms with van der Waals surface area (Å²) < 4.78 is 1.85. The van der Waals surface area contributed by atoms with Crippen LogP contribution in [-0.4, -0.2) is 19.4 Å². The number of pyridine rings is 1. The minimum Gasteiger partial charge on any atom is -0.302 e.